The fourth-order valence-electron chi connectivity index (χ4n) is 1.92. The van der Waals surface area contributed by atoms with E-state index in [0.717, 1.165) is 30.3 Å². The Kier molecular flexibility index (Phi) is 6.06. The van der Waals surface area contributed by atoms with Gasteiger partial charge in [0.25, 0.3) is 10.0 Å². The summed E-state index contributed by atoms with van der Waals surface area (Å²) in [6, 6.07) is 11.5. The summed E-state index contributed by atoms with van der Waals surface area (Å²) < 4.78 is 63.4. The van der Waals surface area contributed by atoms with Gasteiger partial charge in [-0.1, -0.05) is 36.4 Å². The van der Waals surface area contributed by atoms with Crippen LogP contribution >= 0.6 is 11.6 Å². The number of hydrogen-bond acceptors (Lipinski definition) is 4. The van der Waals surface area contributed by atoms with Gasteiger partial charge in [0.15, 0.2) is 0 Å². The second-order valence-corrected chi connectivity index (χ2v) is 6.94. The summed E-state index contributed by atoms with van der Waals surface area (Å²) in [5.74, 6) is 0. The van der Waals surface area contributed by atoms with Crippen molar-refractivity contribution in [2.75, 3.05) is 4.47 Å². The first-order valence-corrected chi connectivity index (χ1v) is 8.75. The Labute approximate surface area is 152 Å². The van der Waals surface area contributed by atoms with Gasteiger partial charge in [0.2, 0.25) is 5.24 Å². The van der Waals surface area contributed by atoms with E-state index < -0.39 is 26.5 Å². The zero-order valence-corrected chi connectivity index (χ0v) is 14.4. The van der Waals surface area contributed by atoms with Gasteiger partial charge < -0.3 is 0 Å². The van der Waals surface area contributed by atoms with Crippen LogP contribution in [0.5, 0.6) is 0 Å². The number of sulfonamides is 1. The highest BCUT2D eigenvalue weighted by molar-refractivity contribution is 7.92. The molecule has 0 aromatic heterocycles. The molecule has 0 amide bonds. The summed E-state index contributed by atoms with van der Waals surface area (Å²) >= 11 is 5.16. The fraction of sp³-hybridized carbons (Fsp3) is 0.0625. The largest absolute Gasteiger partial charge is 0.544 e. The molecule has 0 aliphatic carbocycles. The zero-order valence-electron chi connectivity index (χ0n) is 12.9. The maximum Gasteiger partial charge on any atom is 0.544 e. The molecule has 0 bridgehead atoms. The molecule has 0 saturated heterocycles. The van der Waals surface area contributed by atoms with Gasteiger partial charge in [0.1, 0.15) is 0 Å². The first-order chi connectivity index (χ1) is 12.1. The quantitative estimate of drug-likeness (QED) is 0.412. The molecule has 10 heteroatoms. The molecule has 2 rings (SSSR count). The number of allylic oxidation sites excluding steroid dienone is 1. The lowest BCUT2D eigenvalue weighted by Crippen LogP contribution is -2.36. The Morgan fingerprint density at radius 2 is 1.73 bits per heavy atom. The summed E-state index contributed by atoms with van der Waals surface area (Å²) in [5, 5.41) is -0.787. The molecule has 0 unspecified atom stereocenters. The van der Waals surface area contributed by atoms with Crippen molar-refractivity contribution < 1.29 is 31.2 Å². The SMILES string of the molecule is O=C(Cl)C=Cc1cccc(S(=O)(=O)N(OC(F)(F)F)c2ccccc2)c1. The molecule has 0 aliphatic heterocycles. The van der Waals surface area contributed by atoms with Gasteiger partial charge in [-0.05, 0) is 47.5 Å². The second kappa shape index (κ2) is 7.90. The van der Waals surface area contributed by atoms with Gasteiger partial charge in [0.05, 0.1) is 10.6 Å². The Morgan fingerprint density at radius 1 is 1.08 bits per heavy atom. The van der Waals surface area contributed by atoms with Crippen LogP contribution in [0, 0.1) is 0 Å². The first kappa shape index (κ1) is 20.0. The maximum atomic E-state index is 12.7. The Morgan fingerprint density at radius 3 is 2.31 bits per heavy atom. The molecule has 0 fully saturated rings. The third-order valence-corrected chi connectivity index (χ3v) is 4.63. The number of para-hydroxylation sites is 1. The molecule has 26 heavy (non-hydrogen) atoms. The normalized spacial score (nSPS) is 12.3. The van der Waals surface area contributed by atoms with Crippen LogP contribution in [0.3, 0.4) is 0 Å². The minimum Gasteiger partial charge on any atom is -0.276 e. The fourth-order valence-corrected chi connectivity index (χ4v) is 3.29. The average Bonchev–Trinajstić information content (AvgIpc) is 2.58. The number of rotatable bonds is 6. The van der Waals surface area contributed by atoms with Crippen LogP contribution in [0.1, 0.15) is 5.56 Å². The van der Waals surface area contributed by atoms with Crippen molar-refractivity contribution in [1.29, 1.82) is 0 Å². The highest BCUT2D eigenvalue weighted by atomic mass is 35.5. The Hall–Kier alpha value is -2.36. The molecule has 0 N–H and O–H groups in total. The standard InChI is InChI=1S/C16H11ClF3NO4S/c17-15(22)10-9-12-5-4-8-14(11-12)26(23,24)21(25-16(18,19)20)13-6-2-1-3-7-13/h1-11H. The molecule has 0 heterocycles. The predicted octanol–water partition coefficient (Wildman–Crippen LogP) is 4.11. The summed E-state index contributed by atoms with van der Waals surface area (Å²) in [6.07, 6.45) is -3.02. The van der Waals surface area contributed by atoms with Gasteiger partial charge in [-0.2, -0.15) is 13.3 Å². The van der Waals surface area contributed by atoms with Gasteiger partial charge >= 0.3 is 6.36 Å². The van der Waals surface area contributed by atoms with E-state index in [0.29, 0.717) is 0 Å². The van der Waals surface area contributed by atoms with Gasteiger partial charge in [0, 0.05) is 0 Å². The average molecular weight is 406 g/mol. The lowest BCUT2D eigenvalue weighted by atomic mass is 10.2. The highest BCUT2D eigenvalue weighted by Gasteiger charge is 2.39. The van der Waals surface area contributed by atoms with Crippen molar-refractivity contribution in [1.82, 2.24) is 0 Å². The molecule has 138 valence electrons. The Balaban J connectivity index is 2.50. The molecule has 5 nitrogen and oxygen atoms in total. The number of alkyl halides is 3. The molecule has 0 atom stereocenters. The summed E-state index contributed by atoms with van der Waals surface area (Å²) in [4.78, 5) is 14.0. The van der Waals surface area contributed by atoms with Crippen molar-refractivity contribution in [3.8, 4) is 0 Å². The van der Waals surface area contributed by atoms with E-state index in [1.54, 1.807) is 0 Å². The van der Waals surface area contributed by atoms with Crippen LogP contribution in [0.4, 0.5) is 18.9 Å². The van der Waals surface area contributed by atoms with Crippen LogP contribution in [-0.2, 0) is 19.7 Å². The number of halogens is 4. The molecule has 0 aliphatic rings. The van der Waals surface area contributed by atoms with E-state index in [4.69, 9.17) is 11.6 Å². The molecular formula is C16H11ClF3NO4S. The van der Waals surface area contributed by atoms with E-state index in [1.165, 1.54) is 36.4 Å². The molecular weight excluding hydrogens is 395 g/mol. The number of carbonyl (C=O) groups is 1. The van der Waals surface area contributed by atoms with Gasteiger partial charge in [-0.25, -0.2) is 0 Å². The maximum absolute atomic E-state index is 12.7. The van der Waals surface area contributed by atoms with Gasteiger partial charge in [-0.3, -0.25) is 4.79 Å². The highest BCUT2D eigenvalue weighted by Crippen LogP contribution is 2.30. The van der Waals surface area contributed by atoms with E-state index in [1.807, 2.05) is 0 Å². The zero-order chi connectivity index (χ0) is 19.4. The van der Waals surface area contributed by atoms with E-state index >= 15 is 0 Å². The third-order valence-electron chi connectivity index (χ3n) is 2.93. The lowest BCUT2D eigenvalue weighted by Gasteiger charge is -2.24. The second-order valence-electron chi connectivity index (χ2n) is 4.81. The molecule has 0 spiro atoms. The third kappa shape index (κ3) is 5.32. The lowest BCUT2D eigenvalue weighted by molar-refractivity contribution is -0.322. The van der Waals surface area contributed by atoms with E-state index in [-0.39, 0.29) is 15.7 Å². The van der Waals surface area contributed by atoms with Crippen molar-refractivity contribution in [2.45, 2.75) is 11.3 Å². The van der Waals surface area contributed by atoms with Crippen LogP contribution in [0.15, 0.2) is 65.6 Å². The topological polar surface area (TPSA) is 63.7 Å². The smallest absolute Gasteiger partial charge is 0.276 e. The predicted molar refractivity (Wildman–Crippen MR) is 89.6 cm³/mol. The van der Waals surface area contributed by atoms with Crippen LogP contribution in [0.25, 0.3) is 6.08 Å². The number of benzene rings is 2. The Bertz CT molecular complexity index is 915. The van der Waals surface area contributed by atoms with Crippen molar-refractivity contribution in [3.63, 3.8) is 0 Å². The monoisotopic (exact) mass is 405 g/mol. The summed E-state index contributed by atoms with van der Waals surface area (Å²) in [5.41, 5.74) is -0.0817. The van der Waals surface area contributed by atoms with Crippen molar-refractivity contribution in [2.24, 2.45) is 0 Å². The van der Waals surface area contributed by atoms with Crippen LogP contribution < -0.4 is 4.47 Å². The summed E-state index contributed by atoms with van der Waals surface area (Å²) in [7, 11) is -4.71. The minimum absolute atomic E-state index is 0.206. The van der Waals surface area contributed by atoms with E-state index in [2.05, 4.69) is 4.84 Å². The number of anilines is 1. The number of carbonyl (C=O) groups excluding carboxylic acids is 1. The number of hydrogen-bond donors (Lipinski definition) is 0. The molecule has 2 aromatic carbocycles. The molecule has 0 saturated carbocycles. The van der Waals surface area contributed by atoms with E-state index in [9.17, 15) is 26.4 Å². The van der Waals surface area contributed by atoms with Crippen LogP contribution in [-0.4, -0.2) is 20.0 Å². The van der Waals surface area contributed by atoms with Crippen molar-refractivity contribution in [3.05, 3.63) is 66.2 Å². The van der Waals surface area contributed by atoms with Gasteiger partial charge in [-0.15, -0.1) is 17.6 Å². The minimum atomic E-state index is -5.23. The molecule has 2 aromatic rings. The van der Waals surface area contributed by atoms with Crippen LogP contribution in [0.2, 0.25) is 0 Å². The molecule has 0 radical (unpaired) electrons. The first-order valence-electron chi connectivity index (χ1n) is 6.93. The van der Waals surface area contributed by atoms with Crippen molar-refractivity contribution >= 4 is 38.6 Å². The number of nitrogens with zero attached hydrogens (tertiary/aromatic N) is 1. The summed E-state index contributed by atoms with van der Waals surface area (Å²) in [6.45, 7) is 0.